The van der Waals surface area contributed by atoms with Crippen molar-refractivity contribution in [1.82, 2.24) is 4.98 Å². The summed E-state index contributed by atoms with van der Waals surface area (Å²) in [5.41, 5.74) is 1.37. The molecule has 2 heterocycles. The van der Waals surface area contributed by atoms with Gasteiger partial charge in [-0.25, -0.2) is 4.98 Å². The molecule has 0 spiro atoms. The number of carbonyl (C=O) groups excluding carboxylic acids is 1. The lowest BCUT2D eigenvalue weighted by Gasteiger charge is -2.10. The number of rotatable bonds is 6. The first-order chi connectivity index (χ1) is 12.1. The average Bonchev–Trinajstić information content (AvgIpc) is 3.24. The largest absolute Gasteiger partial charge is 0.493 e. The molecule has 0 saturated heterocycles. The zero-order valence-electron chi connectivity index (χ0n) is 14.2. The first-order valence-electron chi connectivity index (χ1n) is 7.75. The van der Waals surface area contributed by atoms with Crippen LogP contribution in [0.5, 0.6) is 11.5 Å². The highest BCUT2D eigenvalue weighted by atomic mass is 32.1. The molecule has 0 atom stereocenters. The molecular formula is C18H18N2O3S2. The SMILES string of the molecule is CCOc1ccc(C(=O)Nc2nc(-c3ccc(C)s3)cs2)cc1OC. The summed E-state index contributed by atoms with van der Waals surface area (Å²) in [6.45, 7) is 4.49. The second kappa shape index (κ2) is 7.67. The number of methoxy groups -OCH3 is 1. The van der Waals surface area contributed by atoms with Crippen molar-refractivity contribution < 1.29 is 14.3 Å². The van der Waals surface area contributed by atoms with Crippen molar-refractivity contribution in [2.75, 3.05) is 19.0 Å². The van der Waals surface area contributed by atoms with Gasteiger partial charge in [0.25, 0.3) is 5.91 Å². The van der Waals surface area contributed by atoms with Crippen molar-refractivity contribution in [3.05, 3.63) is 46.2 Å². The van der Waals surface area contributed by atoms with Crippen LogP contribution in [0.4, 0.5) is 5.13 Å². The van der Waals surface area contributed by atoms with Gasteiger partial charge in [-0.15, -0.1) is 22.7 Å². The van der Waals surface area contributed by atoms with E-state index in [1.54, 1.807) is 36.6 Å². The lowest BCUT2D eigenvalue weighted by Crippen LogP contribution is -2.12. The molecule has 130 valence electrons. The molecule has 0 bridgehead atoms. The third-order valence-corrected chi connectivity index (χ3v) is 5.22. The molecule has 0 fully saturated rings. The molecule has 5 nitrogen and oxygen atoms in total. The van der Waals surface area contributed by atoms with Gasteiger partial charge >= 0.3 is 0 Å². The maximum atomic E-state index is 12.5. The summed E-state index contributed by atoms with van der Waals surface area (Å²) in [7, 11) is 1.55. The van der Waals surface area contributed by atoms with Crippen LogP contribution < -0.4 is 14.8 Å². The number of hydrogen-bond donors (Lipinski definition) is 1. The lowest BCUT2D eigenvalue weighted by molar-refractivity contribution is 0.102. The minimum atomic E-state index is -0.232. The van der Waals surface area contributed by atoms with Crippen LogP contribution in [0.1, 0.15) is 22.2 Å². The Hall–Kier alpha value is -2.38. The highest BCUT2D eigenvalue weighted by molar-refractivity contribution is 7.17. The molecule has 3 aromatic rings. The molecule has 25 heavy (non-hydrogen) atoms. The molecule has 0 saturated carbocycles. The van der Waals surface area contributed by atoms with E-state index < -0.39 is 0 Å². The number of benzene rings is 1. The van der Waals surface area contributed by atoms with Crippen molar-refractivity contribution in [2.24, 2.45) is 0 Å². The number of nitrogens with zero attached hydrogens (tertiary/aromatic N) is 1. The minimum absolute atomic E-state index is 0.232. The number of ether oxygens (including phenoxy) is 2. The fourth-order valence-electron chi connectivity index (χ4n) is 2.27. The standard InChI is InChI=1S/C18H18N2O3S2/c1-4-23-14-7-6-12(9-15(14)22-3)17(21)20-18-19-13(10-24-18)16-8-5-11(2)25-16/h5-10H,4H2,1-3H3,(H,19,20,21). The van der Waals surface area contributed by atoms with E-state index in [0.717, 1.165) is 10.6 Å². The van der Waals surface area contributed by atoms with E-state index in [1.807, 2.05) is 18.4 Å². The first-order valence-corrected chi connectivity index (χ1v) is 9.45. The summed E-state index contributed by atoms with van der Waals surface area (Å²) in [5, 5.41) is 5.35. The van der Waals surface area contributed by atoms with Crippen LogP contribution in [-0.4, -0.2) is 24.6 Å². The van der Waals surface area contributed by atoms with E-state index in [2.05, 4.69) is 23.3 Å². The van der Waals surface area contributed by atoms with E-state index in [1.165, 1.54) is 16.2 Å². The van der Waals surface area contributed by atoms with Crippen LogP contribution in [-0.2, 0) is 0 Å². The monoisotopic (exact) mass is 374 g/mol. The maximum absolute atomic E-state index is 12.5. The Morgan fingerprint density at radius 1 is 1.24 bits per heavy atom. The summed E-state index contributed by atoms with van der Waals surface area (Å²) < 4.78 is 10.8. The van der Waals surface area contributed by atoms with Gasteiger partial charge in [0.2, 0.25) is 0 Å². The lowest BCUT2D eigenvalue weighted by atomic mass is 10.2. The number of nitrogens with one attached hydrogen (secondary N) is 1. The Morgan fingerprint density at radius 3 is 2.76 bits per heavy atom. The van der Waals surface area contributed by atoms with Crippen LogP contribution >= 0.6 is 22.7 Å². The van der Waals surface area contributed by atoms with Crippen molar-refractivity contribution in [2.45, 2.75) is 13.8 Å². The molecular weight excluding hydrogens is 356 g/mol. The van der Waals surface area contributed by atoms with Gasteiger partial charge in [-0.2, -0.15) is 0 Å². The molecule has 1 aromatic carbocycles. The van der Waals surface area contributed by atoms with Crippen LogP contribution in [0.15, 0.2) is 35.7 Å². The van der Waals surface area contributed by atoms with Crippen molar-refractivity contribution >= 4 is 33.7 Å². The number of thiazole rings is 1. The number of thiophene rings is 1. The molecule has 1 amide bonds. The quantitative estimate of drug-likeness (QED) is 0.671. The summed E-state index contributed by atoms with van der Waals surface area (Å²) in [5.74, 6) is 0.916. The second-order valence-electron chi connectivity index (χ2n) is 5.20. The maximum Gasteiger partial charge on any atom is 0.257 e. The van der Waals surface area contributed by atoms with Crippen LogP contribution in [0.2, 0.25) is 0 Å². The fourth-order valence-corrected chi connectivity index (χ4v) is 3.88. The topological polar surface area (TPSA) is 60.5 Å². The van der Waals surface area contributed by atoms with E-state index in [9.17, 15) is 4.79 Å². The van der Waals surface area contributed by atoms with Gasteiger partial charge < -0.3 is 9.47 Å². The summed E-state index contributed by atoms with van der Waals surface area (Å²) >= 11 is 3.09. The number of aryl methyl sites for hydroxylation is 1. The molecule has 0 unspecified atom stereocenters. The molecule has 0 radical (unpaired) electrons. The van der Waals surface area contributed by atoms with Crippen LogP contribution in [0.3, 0.4) is 0 Å². The molecule has 2 aromatic heterocycles. The predicted octanol–water partition coefficient (Wildman–Crippen LogP) is 4.84. The Balaban J connectivity index is 1.75. The number of hydrogen-bond acceptors (Lipinski definition) is 6. The highest BCUT2D eigenvalue weighted by Gasteiger charge is 2.13. The molecule has 0 aliphatic carbocycles. The predicted molar refractivity (Wildman–Crippen MR) is 102 cm³/mol. The zero-order chi connectivity index (χ0) is 17.8. The van der Waals surface area contributed by atoms with E-state index >= 15 is 0 Å². The van der Waals surface area contributed by atoms with Crippen molar-refractivity contribution in [3.8, 4) is 22.1 Å². The van der Waals surface area contributed by atoms with Crippen molar-refractivity contribution in [1.29, 1.82) is 0 Å². The Bertz CT molecular complexity index is 886. The van der Waals surface area contributed by atoms with E-state index in [0.29, 0.717) is 28.8 Å². The van der Waals surface area contributed by atoms with E-state index in [4.69, 9.17) is 9.47 Å². The van der Waals surface area contributed by atoms with Gasteiger partial charge in [0.05, 0.1) is 24.3 Å². The Kier molecular flexibility index (Phi) is 5.35. The summed E-state index contributed by atoms with van der Waals surface area (Å²) in [6, 6.07) is 9.21. The summed E-state index contributed by atoms with van der Waals surface area (Å²) in [6.07, 6.45) is 0. The third-order valence-electron chi connectivity index (χ3n) is 3.44. The molecule has 0 aliphatic heterocycles. The molecule has 1 N–H and O–H groups in total. The van der Waals surface area contributed by atoms with Gasteiger partial charge in [0.15, 0.2) is 16.6 Å². The number of carbonyl (C=O) groups is 1. The molecule has 3 rings (SSSR count). The zero-order valence-corrected chi connectivity index (χ0v) is 15.8. The van der Waals surface area contributed by atoms with E-state index in [-0.39, 0.29) is 5.91 Å². The first kappa shape index (κ1) is 17.4. The molecule has 0 aliphatic rings. The van der Waals surface area contributed by atoms with Gasteiger partial charge in [-0.1, -0.05) is 0 Å². The smallest absolute Gasteiger partial charge is 0.257 e. The van der Waals surface area contributed by atoms with Crippen molar-refractivity contribution in [3.63, 3.8) is 0 Å². The van der Waals surface area contributed by atoms with Gasteiger partial charge in [-0.05, 0) is 44.2 Å². The average molecular weight is 374 g/mol. The number of anilines is 1. The second-order valence-corrected chi connectivity index (χ2v) is 7.35. The Morgan fingerprint density at radius 2 is 2.08 bits per heavy atom. The number of aromatic nitrogens is 1. The molecule has 7 heteroatoms. The Labute approximate surface area is 154 Å². The normalized spacial score (nSPS) is 10.5. The third kappa shape index (κ3) is 4.00. The highest BCUT2D eigenvalue weighted by Crippen LogP contribution is 2.31. The van der Waals surface area contributed by atoms with Crippen LogP contribution in [0.25, 0.3) is 10.6 Å². The fraction of sp³-hybridized carbons (Fsp3) is 0.222. The minimum Gasteiger partial charge on any atom is -0.493 e. The van der Waals surface area contributed by atoms with Gasteiger partial charge in [-0.3, -0.25) is 10.1 Å². The van der Waals surface area contributed by atoms with Gasteiger partial charge in [0.1, 0.15) is 0 Å². The number of amides is 1. The van der Waals surface area contributed by atoms with Crippen LogP contribution in [0, 0.1) is 6.92 Å². The van der Waals surface area contributed by atoms with Gasteiger partial charge in [0, 0.05) is 15.8 Å². The summed E-state index contributed by atoms with van der Waals surface area (Å²) in [4.78, 5) is 19.3.